The predicted octanol–water partition coefficient (Wildman–Crippen LogP) is 5.85. The third-order valence-corrected chi connectivity index (χ3v) is 6.84. The van der Waals surface area contributed by atoms with Gasteiger partial charge < -0.3 is 29.5 Å². The van der Waals surface area contributed by atoms with Gasteiger partial charge in [-0.3, -0.25) is 14.4 Å². The van der Waals surface area contributed by atoms with E-state index in [2.05, 4.69) is 5.32 Å². The molecule has 4 rings (SSSR count). The number of para-hydroxylation sites is 1. The van der Waals surface area contributed by atoms with Crippen LogP contribution in [0.5, 0.6) is 17.2 Å². The average molecular weight is 651 g/mol. The van der Waals surface area contributed by atoms with Crippen LogP contribution in [0.3, 0.4) is 0 Å². The van der Waals surface area contributed by atoms with E-state index in [0.717, 1.165) is 11.0 Å². The fraction of sp³-hybridized carbons (Fsp3) is 0.176. The topological polar surface area (TPSA) is 131 Å². The summed E-state index contributed by atoms with van der Waals surface area (Å²) in [5.41, 5.74) is -0.115. The molecule has 4 aromatic carbocycles. The molecule has 0 saturated carbocycles. The average Bonchev–Trinajstić information content (AvgIpc) is 3.04. The third kappa shape index (κ3) is 9.10. The van der Waals surface area contributed by atoms with Crippen LogP contribution in [0, 0.1) is 0 Å². The van der Waals surface area contributed by atoms with Gasteiger partial charge in [0.05, 0.1) is 26.2 Å². The van der Waals surface area contributed by atoms with Crippen molar-refractivity contribution in [3.8, 4) is 17.2 Å². The van der Waals surface area contributed by atoms with Crippen LogP contribution < -0.4 is 19.5 Å². The van der Waals surface area contributed by atoms with Gasteiger partial charge in [-0.25, -0.2) is 4.79 Å². The molecule has 0 heterocycles. The van der Waals surface area contributed by atoms with E-state index < -0.39 is 48.5 Å². The van der Waals surface area contributed by atoms with E-state index in [1.165, 1.54) is 62.8 Å². The van der Waals surface area contributed by atoms with Crippen molar-refractivity contribution in [1.29, 1.82) is 0 Å². The van der Waals surface area contributed by atoms with Gasteiger partial charge in [0.25, 0.3) is 5.91 Å². The number of methoxy groups -OCH3 is 2. The Morgan fingerprint density at radius 1 is 0.830 bits per heavy atom. The van der Waals surface area contributed by atoms with E-state index in [9.17, 15) is 37.5 Å². The molecule has 0 atom stereocenters. The number of rotatable bonds is 12. The number of ether oxygens (including phenoxy) is 3. The second kappa shape index (κ2) is 15.0. The number of carbonyl (C=O) groups excluding carboxylic acids is 3. The van der Waals surface area contributed by atoms with Gasteiger partial charge in [0.2, 0.25) is 5.91 Å². The molecule has 244 valence electrons. The van der Waals surface area contributed by atoms with Crippen molar-refractivity contribution in [3.05, 3.63) is 119 Å². The molecule has 0 aliphatic carbocycles. The number of nitrogens with zero attached hydrogens (tertiary/aromatic N) is 1. The lowest BCUT2D eigenvalue weighted by atomic mass is 10.0. The van der Waals surface area contributed by atoms with Gasteiger partial charge in [0.15, 0.2) is 0 Å². The van der Waals surface area contributed by atoms with E-state index in [4.69, 9.17) is 14.2 Å². The highest BCUT2D eigenvalue weighted by molar-refractivity contribution is 5.97. The second-order valence-corrected chi connectivity index (χ2v) is 10.1. The zero-order valence-corrected chi connectivity index (χ0v) is 25.2. The Morgan fingerprint density at radius 3 is 2.11 bits per heavy atom. The maximum absolute atomic E-state index is 13.5. The summed E-state index contributed by atoms with van der Waals surface area (Å²) in [5.74, 6) is -2.65. The van der Waals surface area contributed by atoms with Crippen LogP contribution in [0.2, 0.25) is 0 Å². The van der Waals surface area contributed by atoms with E-state index in [0.29, 0.717) is 11.3 Å². The summed E-state index contributed by atoms with van der Waals surface area (Å²) < 4.78 is 56.0. The van der Waals surface area contributed by atoms with Crippen molar-refractivity contribution < 1.29 is 51.7 Å². The van der Waals surface area contributed by atoms with Crippen molar-refractivity contribution in [2.75, 3.05) is 26.1 Å². The number of carboxylic acids is 1. The molecule has 2 amide bonds. The summed E-state index contributed by atoms with van der Waals surface area (Å²) in [5, 5.41) is 11.9. The second-order valence-electron chi connectivity index (χ2n) is 10.1. The molecular formula is C34H29F3N2O8. The zero-order chi connectivity index (χ0) is 34.1. The summed E-state index contributed by atoms with van der Waals surface area (Å²) in [7, 11) is 2.67. The van der Waals surface area contributed by atoms with Crippen LogP contribution in [0.25, 0.3) is 0 Å². The van der Waals surface area contributed by atoms with Crippen molar-refractivity contribution in [2.24, 2.45) is 0 Å². The maximum Gasteiger partial charge on any atom is 0.416 e. The first-order valence-electron chi connectivity index (χ1n) is 14.0. The summed E-state index contributed by atoms with van der Waals surface area (Å²) in [6, 6.07) is 21.5. The summed E-state index contributed by atoms with van der Waals surface area (Å²) >= 11 is 0. The number of amides is 2. The molecule has 4 aromatic rings. The van der Waals surface area contributed by atoms with Crippen molar-refractivity contribution in [1.82, 2.24) is 4.90 Å². The largest absolute Gasteiger partial charge is 0.497 e. The van der Waals surface area contributed by atoms with Crippen LogP contribution in [-0.2, 0) is 28.7 Å². The fourth-order valence-electron chi connectivity index (χ4n) is 4.58. The van der Waals surface area contributed by atoms with Gasteiger partial charge in [-0.1, -0.05) is 30.3 Å². The first-order chi connectivity index (χ1) is 22.4. The first kappa shape index (κ1) is 34.0. The van der Waals surface area contributed by atoms with Gasteiger partial charge in [-0.15, -0.1) is 0 Å². The molecule has 0 spiro atoms. The highest BCUT2D eigenvalue weighted by atomic mass is 19.4. The van der Waals surface area contributed by atoms with Gasteiger partial charge >= 0.3 is 18.1 Å². The maximum atomic E-state index is 13.5. The molecule has 0 aliphatic heterocycles. The van der Waals surface area contributed by atoms with Crippen LogP contribution in [0.1, 0.15) is 37.4 Å². The third-order valence-electron chi connectivity index (χ3n) is 6.84. The minimum Gasteiger partial charge on any atom is -0.497 e. The van der Waals surface area contributed by atoms with E-state index >= 15 is 0 Å². The number of nitrogens with one attached hydrogen (secondary N) is 1. The molecule has 0 saturated heterocycles. The fourth-order valence-corrected chi connectivity index (χ4v) is 4.58. The number of anilines is 1. The summed E-state index contributed by atoms with van der Waals surface area (Å²) in [6.07, 6.45) is -5.26. The molecule has 2 N–H and O–H groups in total. The minimum absolute atomic E-state index is 0.00131. The number of alkyl halides is 3. The van der Waals surface area contributed by atoms with Crippen LogP contribution >= 0.6 is 0 Å². The standard InChI is InChI=1S/C34H29F3N2O8/c1-45-26-16-11-23(28(18-26)34(35,36)37)17-30(40)38-24-12-9-22(10-13-24)32(43)39(20-31(41)42)19-21-7-14-25(15-8-21)47-33(44)27-5-3-4-6-29(27)46-2/h3-16,18H,17,19-20H2,1-2H3,(H,38,40)(H,41,42). The SMILES string of the molecule is COc1ccc(CC(=O)Nc2ccc(C(=O)N(CC(=O)O)Cc3ccc(OC(=O)c4ccccc4OC)cc3)cc2)c(C(F)(F)F)c1. The quantitative estimate of drug-likeness (QED) is 0.144. The Bertz CT molecular complexity index is 1760. The molecule has 0 bridgehead atoms. The molecule has 0 fully saturated rings. The minimum atomic E-state index is -4.69. The monoisotopic (exact) mass is 650 g/mol. The molecule has 0 aliphatic rings. The number of halogens is 3. The van der Waals surface area contributed by atoms with E-state index in [-0.39, 0.29) is 40.4 Å². The number of carbonyl (C=O) groups is 4. The Labute approximate surface area is 267 Å². The molecule has 0 aromatic heterocycles. The Hall–Kier alpha value is -5.85. The first-order valence-corrected chi connectivity index (χ1v) is 14.0. The van der Waals surface area contributed by atoms with Gasteiger partial charge in [-0.2, -0.15) is 13.2 Å². The Balaban J connectivity index is 1.40. The number of aliphatic carboxylic acids is 1. The van der Waals surface area contributed by atoms with Gasteiger partial charge in [-0.05, 0) is 71.8 Å². The van der Waals surface area contributed by atoms with Crippen molar-refractivity contribution in [3.63, 3.8) is 0 Å². The van der Waals surface area contributed by atoms with Crippen LogP contribution in [0.4, 0.5) is 18.9 Å². The van der Waals surface area contributed by atoms with E-state index in [1.807, 2.05) is 0 Å². The zero-order valence-electron chi connectivity index (χ0n) is 25.2. The lowest BCUT2D eigenvalue weighted by molar-refractivity contribution is -0.139. The summed E-state index contributed by atoms with van der Waals surface area (Å²) in [4.78, 5) is 51.0. The Kier molecular flexibility index (Phi) is 10.8. The van der Waals surface area contributed by atoms with Crippen LogP contribution in [0.15, 0.2) is 91.0 Å². The van der Waals surface area contributed by atoms with Crippen LogP contribution in [-0.4, -0.2) is 54.5 Å². The molecule has 10 nitrogen and oxygen atoms in total. The Morgan fingerprint density at radius 2 is 1.49 bits per heavy atom. The molecule has 0 radical (unpaired) electrons. The molecule has 0 unspecified atom stereocenters. The highest BCUT2D eigenvalue weighted by Gasteiger charge is 2.34. The van der Waals surface area contributed by atoms with Crippen molar-refractivity contribution >= 4 is 29.4 Å². The van der Waals surface area contributed by atoms with Gasteiger partial charge in [0, 0.05) is 17.8 Å². The molecule has 13 heteroatoms. The number of carboxylic acid groups (broad SMARTS) is 1. The highest BCUT2D eigenvalue weighted by Crippen LogP contribution is 2.35. The van der Waals surface area contributed by atoms with E-state index in [1.54, 1.807) is 36.4 Å². The van der Waals surface area contributed by atoms with Crippen molar-refractivity contribution in [2.45, 2.75) is 19.1 Å². The lowest BCUT2D eigenvalue weighted by Crippen LogP contribution is -2.35. The number of benzene rings is 4. The smallest absolute Gasteiger partial charge is 0.416 e. The normalized spacial score (nSPS) is 10.9. The lowest BCUT2D eigenvalue weighted by Gasteiger charge is -2.21. The molecule has 47 heavy (non-hydrogen) atoms. The number of esters is 1. The van der Waals surface area contributed by atoms with Gasteiger partial charge in [0.1, 0.15) is 29.4 Å². The summed E-state index contributed by atoms with van der Waals surface area (Å²) in [6.45, 7) is -0.709. The predicted molar refractivity (Wildman–Crippen MR) is 164 cm³/mol. The number of hydrogen-bond acceptors (Lipinski definition) is 7. The molecular weight excluding hydrogens is 621 g/mol. The number of hydrogen-bond donors (Lipinski definition) is 2.